The van der Waals surface area contributed by atoms with Crippen LogP contribution in [0.4, 0.5) is 5.82 Å². The number of aryl methyl sites for hydroxylation is 1. The predicted molar refractivity (Wildman–Crippen MR) is 75.0 cm³/mol. The van der Waals surface area contributed by atoms with E-state index in [9.17, 15) is 19.7 Å². The molecule has 0 bridgehead atoms. The van der Waals surface area contributed by atoms with Gasteiger partial charge in [0.1, 0.15) is 12.7 Å². The van der Waals surface area contributed by atoms with Crippen LogP contribution in [0.25, 0.3) is 0 Å². The third-order valence-electron chi connectivity index (χ3n) is 3.54. The summed E-state index contributed by atoms with van der Waals surface area (Å²) in [6, 6.07) is 0. The number of nitrogens with zero attached hydrogens (tertiary/aromatic N) is 4. The second kappa shape index (κ2) is 6.54. The zero-order chi connectivity index (χ0) is 16.3. The number of imidazole rings is 1. The van der Waals surface area contributed by atoms with Crippen molar-refractivity contribution in [2.24, 2.45) is 0 Å². The molecule has 1 aromatic rings. The lowest BCUT2D eigenvalue weighted by molar-refractivity contribution is -0.392. The number of nitro groups is 1. The van der Waals surface area contributed by atoms with E-state index in [1.165, 1.54) is 17.7 Å². The number of hydrogen-bond acceptors (Lipinski definition) is 6. The first kappa shape index (κ1) is 15.9. The fourth-order valence-corrected chi connectivity index (χ4v) is 2.54. The highest BCUT2D eigenvalue weighted by molar-refractivity contribution is 5.78. The van der Waals surface area contributed by atoms with Crippen LogP contribution in [0.15, 0.2) is 6.20 Å². The highest BCUT2D eigenvalue weighted by Crippen LogP contribution is 2.17. The largest absolute Gasteiger partial charge is 0.456 e. The van der Waals surface area contributed by atoms with Crippen molar-refractivity contribution in [2.45, 2.75) is 39.3 Å². The van der Waals surface area contributed by atoms with Crippen molar-refractivity contribution in [3.8, 4) is 0 Å². The molecule has 1 fully saturated rings. The molecule has 9 heteroatoms. The Labute approximate surface area is 127 Å². The van der Waals surface area contributed by atoms with E-state index in [1.807, 2.05) is 0 Å². The summed E-state index contributed by atoms with van der Waals surface area (Å²) in [4.78, 5) is 39.0. The lowest BCUT2D eigenvalue weighted by Crippen LogP contribution is -2.38. The van der Waals surface area contributed by atoms with Crippen LogP contribution < -0.4 is 0 Å². The molecule has 22 heavy (non-hydrogen) atoms. The number of carbonyl (C=O) groups is 2. The number of hydrogen-bond donors (Lipinski definition) is 0. The smallest absolute Gasteiger partial charge is 0.342 e. The van der Waals surface area contributed by atoms with Crippen LogP contribution in [-0.2, 0) is 20.9 Å². The fraction of sp³-hybridized carbons (Fsp3) is 0.615. The first-order valence-corrected chi connectivity index (χ1v) is 7.00. The van der Waals surface area contributed by atoms with Crippen LogP contribution in [0.2, 0.25) is 0 Å². The third kappa shape index (κ3) is 3.60. The Balaban J connectivity index is 2.16. The van der Waals surface area contributed by atoms with Crippen molar-refractivity contribution in [1.29, 1.82) is 0 Å². The number of esters is 1. The maximum Gasteiger partial charge on any atom is 0.342 e. The lowest BCUT2D eigenvalue weighted by atomic mass is 10.3. The van der Waals surface area contributed by atoms with E-state index in [1.54, 1.807) is 11.8 Å². The van der Waals surface area contributed by atoms with Gasteiger partial charge < -0.3 is 19.8 Å². The molecule has 2 rings (SSSR count). The Hall–Kier alpha value is -2.45. The summed E-state index contributed by atoms with van der Waals surface area (Å²) in [7, 11) is 0. The van der Waals surface area contributed by atoms with Gasteiger partial charge in [-0.2, -0.15) is 0 Å². The van der Waals surface area contributed by atoms with Gasteiger partial charge >= 0.3 is 11.8 Å². The molecule has 1 atom stereocenters. The number of amides is 1. The van der Waals surface area contributed by atoms with Gasteiger partial charge in [-0.1, -0.05) is 0 Å². The standard InChI is InChI=1S/C13H18N4O5/c1-9-14-6-12(17(20)21)16(9)8-11(22-10(2)18)7-15-5-3-4-13(15)19/h6,11H,3-5,7-8H2,1-2H3/t11-/m0/s1. The molecule has 0 aromatic carbocycles. The van der Waals surface area contributed by atoms with E-state index in [-0.39, 0.29) is 24.8 Å². The number of ether oxygens (including phenoxy) is 1. The molecule has 2 heterocycles. The summed E-state index contributed by atoms with van der Waals surface area (Å²) in [6.07, 6.45) is 1.78. The average Bonchev–Trinajstić information content (AvgIpc) is 2.97. The lowest BCUT2D eigenvalue weighted by Gasteiger charge is -2.22. The molecule has 0 N–H and O–H groups in total. The summed E-state index contributed by atoms with van der Waals surface area (Å²) < 4.78 is 6.60. The monoisotopic (exact) mass is 310 g/mol. The van der Waals surface area contributed by atoms with Crippen molar-refractivity contribution < 1.29 is 19.2 Å². The van der Waals surface area contributed by atoms with Crippen LogP contribution in [0.3, 0.4) is 0 Å². The number of rotatable bonds is 6. The van der Waals surface area contributed by atoms with Crippen LogP contribution in [-0.4, -0.2) is 50.4 Å². The van der Waals surface area contributed by atoms with Crippen molar-refractivity contribution in [2.75, 3.05) is 13.1 Å². The normalized spacial score (nSPS) is 15.9. The Kier molecular flexibility index (Phi) is 4.74. The molecule has 0 saturated carbocycles. The number of likely N-dealkylation sites (tertiary alicyclic amines) is 1. The van der Waals surface area contributed by atoms with E-state index < -0.39 is 17.0 Å². The van der Waals surface area contributed by atoms with Crippen LogP contribution >= 0.6 is 0 Å². The second-order valence-corrected chi connectivity index (χ2v) is 5.21. The summed E-state index contributed by atoms with van der Waals surface area (Å²) in [5.74, 6) is -0.190. The Morgan fingerprint density at radius 1 is 1.55 bits per heavy atom. The first-order valence-electron chi connectivity index (χ1n) is 7.00. The van der Waals surface area contributed by atoms with Gasteiger partial charge in [0.05, 0.1) is 6.54 Å². The Bertz CT molecular complexity index is 597. The molecule has 1 aliphatic rings. The quantitative estimate of drug-likeness (QED) is 0.434. The maximum absolute atomic E-state index is 11.7. The number of aromatic nitrogens is 2. The topological polar surface area (TPSA) is 108 Å². The maximum atomic E-state index is 11.7. The molecule has 1 aliphatic heterocycles. The predicted octanol–water partition coefficient (Wildman–Crippen LogP) is 0.654. The molecule has 9 nitrogen and oxygen atoms in total. The summed E-state index contributed by atoms with van der Waals surface area (Å²) in [5, 5.41) is 11.0. The van der Waals surface area contributed by atoms with Gasteiger partial charge in [0, 0.05) is 26.8 Å². The number of carbonyl (C=O) groups excluding carboxylic acids is 2. The average molecular weight is 310 g/mol. The molecule has 1 aromatic heterocycles. The third-order valence-corrected chi connectivity index (χ3v) is 3.54. The molecular weight excluding hydrogens is 292 g/mol. The summed E-state index contributed by atoms with van der Waals surface area (Å²) >= 11 is 0. The summed E-state index contributed by atoms with van der Waals surface area (Å²) in [5.41, 5.74) is 0. The van der Waals surface area contributed by atoms with Crippen LogP contribution in [0, 0.1) is 17.0 Å². The Morgan fingerprint density at radius 3 is 2.82 bits per heavy atom. The fourth-order valence-electron chi connectivity index (χ4n) is 2.54. The van der Waals surface area contributed by atoms with Crippen molar-refractivity contribution in [3.63, 3.8) is 0 Å². The van der Waals surface area contributed by atoms with E-state index in [2.05, 4.69) is 4.98 Å². The van der Waals surface area contributed by atoms with Gasteiger partial charge in [-0.05, 0) is 11.3 Å². The van der Waals surface area contributed by atoms with E-state index in [0.717, 1.165) is 6.42 Å². The van der Waals surface area contributed by atoms with Gasteiger partial charge in [-0.25, -0.2) is 9.55 Å². The minimum absolute atomic E-state index is 0.00834. The van der Waals surface area contributed by atoms with Crippen LogP contribution in [0.5, 0.6) is 0 Å². The van der Waals surface area contributed by atoms with Gasteiger partial charge in [-0.15, -0.1) is 0 Å². The van der Waals surface area contributed by atoms with Crippen LogP contribution in [0.1, 0.15) is 25.6 Å². The van der Waals surface area contributed by atoms with E-state index >= 15 is 0 Å². The molecule has 0 aliphatic carbocycles. The molecule has 0 radical (unpaired) electrons. The zero-order valence-electron chi connectivity index (χ0n) is 12.5. The molecular formula is C13H18N4O5. The molecule has 120 valence electrons. The van der Waals surface area contributed by atoms with Crippen molar-refractivity contribution in [1.82, 2.24) is 14.5 Å². The molecule has 0 spiro atoms. The van der Waals surface area contributed by atoms with Crippen molar-refractivity contribution in [3.05, 3.63) is 22.1 Å². The molecule has 1 amide bonds. The Morgan fingerprint density at radius 2 is 2.27 bits per heavy atom. The van der Waals surface area contributed by atoms with Gasteiger partial charge in [0.2, 0.25) is 5.91 Å². The highest BCUT2D eigenvalue weighted by atomic mass is 16.6. The van der Waals surface area contributed by atoms with Gasteiger partial charge in [0.15, 0.2) is 11.9 Å². The minimum Gasteiger partial charge on any atom is -0.456 e. The molecule has 0 unspecified atom stereocenters. The van der Waals surface area contributed by atoms with E-state index in [0.29, 0.717) is 18.8 Å². The molecule has 1 saturated heterocycles. The SMILES string of the molecule is CC(=O)O[C@@H](CN1CCCC1=O)Cn1c([N+](=O)[O-])cnc1C. The van der Waals surface area contributed by atoms with Gasteiger partial charge in [-0.3, -0.25) is 9.59 Å². The van der Waals surface area contributed by atoms with Crippen molar-refractivity contribution >= 4 is 17.7 Å². The highest BCUT2D eigenvalue weighted by Gasteiger charge is 2.28. The first-order chi connectivity index (χ1) is 10.4. The van der Waals surface area contributed by atoms with Gasteiger partial charge in [0.25, 0.3) is 0 Å². The summed E-state index contributed by atoms with van der Waals surface area (Å²) in [6.45, 7) is 3.84. The minimum atomic E-state index is -0.647. The second-order valence-electron chi connectivity index (χ2n) is 5.21. The zero-order valence-corrected chi connectivity index (χ0v) is 12.5. The van der Waals surface area contributed by atoms with E-state index in [4.69, 9.17) is 4.74 Å².